The normalized spacial score (nSPS) is 11.5. The number of nitriles is 1. The first-order valence-corrected chi connectivity index (χ1v) is 8.39. The maximum Gasteiger partial charge on any atom is 0.349 e. The number of hydrogen-bond donors (Lipinski definition) is 1. The van der Waals surface area contributed by atoms with E-state index in [9.17, 15) is 9.59 Å². The molecule has 0 fully saturated rings. The number of nitrogens with one attached hydrogen (secondary N) is 1. The maximum atomic E-state index is 12.2. The van der Waals surface area contributed by atoms with E-state index in [4.69, 9.17) is 10.00 Å². The minimum atomic E-state index is -0.955. The maximum absolute atomic E-state index is 12.2. The summed E-state index contributed by atoms with van der Waals surface area (Å²) in [6, 6.07) is 17.9. The number of hydrogen-bond acceptors (Lipinski definition) is 5. The van der Waals surface area contributed by atoms with Crippen LogP contribution in [0.3, 0.4) is 0 Å². The van der Waals surface area contributed by atoms with Crippen molar-refractivity contribution < 1.29 is 14.3 Å². The number of rotatable bonds is 4. The van der Waals surface area contributed by atoms with E-state index in [1.165, 1.54) is 18.3 Å². The predicted molar refractivity (Wildman–Crippen MR) is 96.5 cm³/mol. The third-order valence-electron chi connectivity index (χ3n) is 3.54. The average molecular weight is 350 g/mol. The van der Waals surface area contributed by atoms with Crippen LogP contribution >= 0.6 is 11.3 Å². The van der Waals surface area contributed by atoms with Crippen LogP contribution in [0, 0.1) is 11.3 Å². The highest BCUT2D eigenvalue weighted by atomic mass is 32.1. The lowest BCUT2D eigenvalue weighted by atomic mass is 10.2. The highest BCUT2D eigenvalue weighted by Gasteiger charge is 2.20. The summed E-state index contributed by atoms with van der Waals surface area (Å²) in [5.41, 5.74) is 0.918. The van der Waals surface area contributed by atoms with Crippen molar-refractivity contribution in [2.24, 2.45) is 0 Å². The quantitative estimate of drug-likeness (QED) is 0.723. The van der Waals surface area contributed by atoms with Crippen molar-refractivity contribution in [2.75, 3.05) is 5.32 Å². The summed E-state index contributed by atoms with van der Waals surface area (Å²) in [5, 5.41) is 12.5. The standard InChI is InChI=1S/C19H14N2O3S/c1-12(18(22)21-15-7-4-5-13(9-15)11-20)24-19(23)17-10-14-6-2-3-8-16(14)25-17/h2-10,12H,1H3,(H,21,22)/t12-/m1/s1. The van der Waals surface area contributed by atoms with Crippen LogP contribution in [0.2, 0.25) is 0 Å². The summed E-state index contributed by atoms with van der Waals surface area (Å²) >= 11 is 1.33. The first-order chi connectivity index (χ1) is 12.1. The Labute approximate surface area is 148 Å². The molecule has 25 heavy (non-hydrogen) atoms. The molecule has 2 aromatic carbocycles. The minimum absolute atomic E-state index is 0.438. The number of benzene rings is 2. The first kappa shape index (κ1) is 16.7. The van der Waals surface area contributed by atoms with Crippen LogP contribution in [0.15, 0.2) is 54.6 Å². The fourth-order valence-corrected chi connectivity index (χ4v) is 3.21. The third kappa shape index (κ3) is 3.84. The zero-order valence-corrected chi connectivity index (χ0v) is 14.2. The molecule has 3 rings (SSSR count). The molecule has 3 aromatic rings. The van der Waals surface area contributed by atoms with E-state index in [-0.39, 0.29) is 0 Å². The van der Waals surface area contributed by atoms with Gasteiger partial charge in [0.2, 0.25) is 0 Å². The lowest BCUT2D eigenvalue weighted by Gasteiger charge is -2.13. The van der Waals surface area contributed by atoms with E-state index in [1.54, 1.807) is 30.3 Å². The molecule has 1 heterocycles. The van der Waals surface area contributed by atoms with Gasteiger partial charge in [-0.05, 0) is 42.6 Å². The number of anilines is 1. The van der Waals surface area contributed by atoms with Gasteiger partial charge in [-0.1, -0.05) is 24.3 Å². The largest absolute Gasteiger partial charge is 0.448 e. The second kappa shape index (κ2) is 7.16. The molecule has 0 aliphatic rings. The first-order valence-electron chi connectivity index (χ1n) is 7.57. The van der Waals surface area contributed by atoms with E-state index < -0.39 is 18.0 Å². The van der Waals surface area contributed by atoms with Crippen molar-refractivity contribution in [1.29, 1.82) is 5.26 Å². The molecule has 0 aliphatic heterocycles. The molecule has 0 saturated carbocycles. The molecule has 1 aromatic heterocycles. The monoisotopic (exact) mass is 350 g/mol. The van der Waals surface area contributed by atoms with Gasteiger partial charge in [0, 0.05) is 10.4 Å². The summed E-state index contributed by atoms with van der Waals surface area (Å²) in [4.78, 5) is 24.9. The van der Waals surface area contributed by atoms with Crippen LogP contribution in [0.5, 0.6) is 0 Å². The Morgan fingerprint density at radius 1 is 1.16 bits per heavy atom. The van der Waals surface area contributed by atoms with E-state index in [0.717, 1.165) is 10.1 Å². The van der Waals surface area contributed by atoms with Crippen molar-refractivity contribution in [3.63, 3.8) is 0 Å². The summed E-state index contributed by atoms with van der Waals surface area (Å²) in [7, 11) is 0. The molecule has 0 bridgehead atoms. The van der Waals surface area contributed by atoms with Gasteiger partial charge in [0.05, 0.1) is 11.6 Å². The van der Waals surface area contributed by atoms with E-state index in [2.05, 4.69) is 5.32 Å². The predicted octanol–water partition coefficient (Wildman–Crippen LogP) is 3.96. The van der Waals surface area contributed by atoms with Gasteiger partial charge in [0.1, 0.15) is 4.88 Å². The smallest absolute Gasteiger partial charge is 0.349 e. The van der Waals surface area contributed by atoms with Crippen molar-refractivity contribution in [2.45, 2.75) is 13.0 Å². The molecule has 0 spiro atoms. The number of carbonyl (C=O) groups is 2. The summed E-state index contributed by atoms with van der Waals surface area (Å²) in [5.74, 6) is -0.987. The summed E-state index contributed by atoms with van der Waals surface area (Å²) < 4.78 is 6.24. The summed E-state index contributed by atoms with van der Waals surface area (Å²) in [6.07, 6.45) is -0.955. The average Bonchev–Trinajstić information content (AvgIpc) is 3.06. The molecule has 0 aliphatic carbocycles. The fraction of sp³-hybridized carbons (Fsp3) is 0.105. The molecular weight excluding hydrogens is 336 g/mol. The Kier molecular flexibility index (Phi) is 4.78. The lowest BCUT2D eigenvalue weighted by molar-refractivity contribution is -0.123. The zero-order chi connectivity index (χ0) is 17.8. The Morgan fingerprint density at radius 2 is 1.96 bits per heavy atom. The van der Waals surface area contributed by atoms with Crippen molar-refractivity contribution in [1.82, 2.24) is 0 Å². The van der Waals surface area contributed by atoms with Gasteiger partial charge >= 0.3 is 5.97 Å². The molecule has 1 atom stereocenters. The van der Waals surface area contributed by atoms with Crippen molar-refractivity contribution in [3.05, 3.63) is 65.0 Å². The van der Waals surface area contributed by atoms with Crippen LogP contribution in [-0.4, -0.2) is 18.0 Å². The Morgan fingerprint density at radius 3 is 2.72 bits per heavy atom. The van der Waals surface area contributed by atoms with E-state index >= 15 is 0 Å². The van der Waals surface area contributed by atoms with Gasteiger partial charge in [-0.3, -0.25) is 4.79 Å². The Balaban J connectivity index is 1.66. The second-order valence-electron chi connectivity index (χ2n) is 5.38. The highest BCUT2D eigenvalue weighted by molar-refractivity contribution is 7.20. The zero-order valence-electron chi connectivity index (χ0n) is 13.4. The van der Waals surface area contributed by atoms with Crippen molar-refractivity contribution >= 4 is 39.0 Å². The van der Waals surface area contributed by atoms with Crippen molar-refractivity contribution in [3.8, 4) is 6.07 Å². The molecule has 0 unspecified atom stereocenters. The van der Waals surface area contributed by atoms with Crippen LogP contribution in [0.25, 0.3) is 10.1 Å². The van der Waals surface area contributed by atoms with Crippen LogP contribution in [0.4, 0.5) is 5.69 Å². The van der Waals surface area contributed by atoms with E-state index in [0.29, 0.717) is 16.1 Å². The molecular formula is C19H14N2O3S. The number of carbonyl (C=O) groups excluding carboxylic acids is 2. The molecule has 1 amide bonds. The SMILES string of the molecule is C[C@@H](OC(=O)c1cc2ccccc2s1)C(=O)Nc1cccc(C#N)c1. The number of nitrogens with zero attached hydrogens (tertiary/aromatic N) is 1. The molecule has 0 saturated heterocycles. The van der Waals surface area contributed by atoms with Gasteiger partial charge in [-0.15, -0.1) is 11.3 Å². The van der Waals surface area contributed by atoms with Crippen LogP contribution in [-0.2, 0) is 9.53 Å². The second-order valence-corrected chi connectivity index (χ2v) is 6.46. The molecule has 6 heteroatoms. The molecule has 124 valence electrons. The van der Waals surface area contributed by atoms with Gasteiger partial charge in [0.25, 0.3) is 5.91 Å². The number of thiophene rings is 1. The summed E-state index contributed by atoms with van der Waals surface area (Å²) in [6.45, 7) is 1.51. The lowest BCUT2D eigenvalue weighted by Crippen LogP contribution is -2.29. The molecule has 1 N–H and O–H groups in total. The Hall–Kier alpha value is -3.17. The van der Waals surface area contributed by atoms with Gasteiger partial charge < -0.3 is 10.1 Å². The number of ether oxygens (including phenoxy) is 1. The topological polar surface area (TPSA) is 79.2 Å². The van der Waals surface area contributed by atoms with Crippen LogP contribution in [0.1, 0.15) is 22.2 Å². The Bertz CT molecular complexity index is 954. The highest BCUT2D eigenvalue weighted by Crippen LogP contribution is 2.26. The number of amides is 1. The van der Waals surface area contributed by atoms with Gasteiger partial charge in [-0.2, -0.15) is 5.26 Å². The van der Waals surface area contributed by atoms with Gasteiger partial charge in [0.15, 0.2) is 6.10 Å². The third-order valence-corrected chi connectivity index (χ3v) is 4.64. The molecule has 5 nitrogen and oxygen atoms in total. The fourth-order valence-electron chi connectivity index (χ4n) is 2.27. The minimum Gasteiger partial charge on any atom is -0.448 e. The number of esters is 1. The molecule has 0 radical (unpaired) electrons. The van der Waals surface area contributed by atoms with Gasteiger partial charge in [-0.25, -0.2) is 4.79 Å². The number of fused-ring (bicyclic) bond motifs is 1. The van der Waals surface area contributed by atoms with E-state index in [1.807, 2.05) is 30.3 Å². The van der Waals surface area contributed by atoms with Crippen LogP contribution < -0.4 is 5.32 Å².